The van der Waals surface area contributed by atoms with Crippen molar-refractivity contribution in [2.24, 2.45) is 5.92 Å². The van der Waals surface area contributed by atoms with Crippen LogP contribution in [0.25, 0.3) is 0 Å². The summed E-state index contributed by atoms with van der Waals surface area (Å²) in [5.74, 6) is 0.464. The van der Waals surface area contributed by atoms with E-state index in [2.05, 4.69) is 19.9 Å². The van der Waals surface area contributed by atoms with Crippen LogP contribution in [0.2, 0.25) is 0 Å². The number of nitrogens with zero attached hydrogens (tertiary/aromatic N) is 4. The highest BCUT2D eigenvalue weighted by Gasteiger charge is 2.51. The second kappa shape index (κ2) is 6.15. The molecule has 27 heavy (non-hydrogen) atoms. The van der Waals surface area contributed by atoms with Gasteiger partial charge in [-0.3, -0.25) is 9.59 Å². The van der Waals surface area contributed by atoms with Crippen LogP contribution in [0, 0.1) is 12.8 Å². The minimum Gasteiger partial charge on any atom is -0.348 e. The minimum atomic E-state index is -0.373. The predicted octanol–water partition coefficient (Wildman–Crippen LogP) is 2.10. The highest BCUT2D eigenvalue weighted by molar-refractivity contribution is 7.09. The molecule has 4 heterocycles. The third-order valence-corrected chi connectivity index (χ3v) is 6.94. The maximum Gasteiger partial charge on any atom is 0.273 e. The van der Waals surface area contributed by atoms with Crippen molar-refractivity contribution in [3.8, 4) is 0 Å². The van der Waals surface area contributed by atoms with Crippen molar-refractivity contribution in [3.05, 3.63) is 33.8 Å². The molecule has 5 rings (SSSR count). The molecule has 2 fully saturated rings. The van der Waals surface area contributed by atoms with E-state index in [9.17, 15) is 9.59 Å². The molecule has 1 spiro atoms. The topological polar surface area (TPSA) is 82.2 Å². The molecule has 0 atom stereocenters. The number of rotatable bonds is 2. The number of H-pyrrole nitrogens is 1. The van der Waals surface area contributed by atoms with E-state index >= 15 is 0 Å². The molecule has 8 heteroatoms. The lowest BCUT2D eigenvalue weighted by atomic mass is 9.78. The summed E-state index contributed by atoms with van der Waals surface area (Å²) in [6, 6.07) is 0. The number of carbonyl (C=O) groups is 2. The quantitative estimate of drug-likeness (QED) is 0.858. The first-order chi connectivity index (χ1) is 13.1. The van der Waals surface area contributed by atoms with Gasteiger partial charge in [0.2, 0.25) is 5.91 Å². The van der Waals surface area contributed by atoms with Crippen molar-refractivity contribution in [3.63, 3.8) is 0 Å². The first kappa shape index (κ1) is 16.9. The van der Waals surface area contributed by atoms with Crippen molar-refractivity contribution >= 4 is 23.2 Å². The first-order valence-corrected chi connectivity index (χ1v) is 10.5. The number of likely N-dealkylation sites (tertiary alicyclic amines) is 1. The van der Waals surface area contributed by atoms with Crippen molar-refractivity contribution in [2.75, 3.05) is 19.6 Å². The fraction of sp³-hybridized carbons (Fsp3) is 0.579. The Bertz CT molecular complexity index is 892. The number of fused-ring (bicyclic) bond motifs is 2. The molecule has 1 saturated carbocycles. The fourth-order valence-electron chi connectivity index (χ4n) is 4.56. The van der Waals surface area contributed by atoms with E-state index in [1.165, 1.54) is 11.3 Å². The summed E-state index contributed by atoms with van der Waals surface area (Å²) in [5.41, 5.74) is 2.31. The van der Waals surface area contributed by atoms with Crippen molar-refractivity contribution in [2.45, 2.75) is 44.6 Å². The van der Waals surface area contributed by atoms with Gasteiger partial charge in [-0.1, -0.05) is 0 Å². The van der Waals surface area contributed by atoms with E-state index < -0.39 is 0 Å². The smallest absolute Gasteiger partial charge is 0.273 e. The summed E-state index contributed by atoms with van der Waals surface area (Å²) >= 11 is 1.50. The number of hydrogen-bond donors (Lipinski definition) is 1. The van der Waals surface area contributed by atoms with Crippen LogP contribution in [0.15, 0.2) is 11.7 Å². The molecule has 2 aromatic heterocycles. The summed E-state index contributed by atoms with van der Waals surface area (Å²) in [6.45, 7) is 3.89. The largest absolute Gasteiger partial charge is 0.348 e. The lowest BCUT2D eigenvalue weighted by molar-refractivity contribution is -0.143. The van der Waals surface area contributed by atoms with Gasteiger partial charge in [0.05, 0.1) is 22.6 Å². The average molecular weight is 385 g/mol. The number of carbonyl (C=O) groups excluding carboxylic acids is 2. The van der Waals surface area contributed by atoms with Crippen LogP contribution >= 0.6 is 11.3 Å². The molecule has 7 nitrogen and oxygen atoms in total. The van der Waals surface area contributed by atoms with Gasteiger partial charge in [-0.15, -0.1) is 11.3 Å². The zero-order chi connectivity index (χ0) is 18.6. The van der Waals surface area contributed by atoms with Crippen molar-refractivity contribution < 1.29 is 9.59 Å². The molecule has 2 aliphatic heterocycles. The maximum absolute atomic E-state index is 13.0. The Hall–Kier alpha value is -2.22. The number of aromatic amines is 1. The Labute approximate surface area is 161 Å². The molecule has 2 amide bonds. The number of hydrogen-bond acceptors (Lipinski definition) is 5. The van der Waals surface area contributed by atoms with Gasteiger partial charge in [-0.2, -0.15) is 0 Å². The van der Waals surface area contributed by atoms with E-state index in [0.29, 0.717) is 18.8 Å². The second-order valence-electron chi connectivity index (χ2n) is 7.82. The van der Waals surface area contributed by atoms with Gasteiger partial charge >= 0.3 is 0 Å². The van der Waals surface area contributed by atoms with Gasteiger partial charge in [-0.05, 0) is 32.6 Å². The fourth-order valence-corrected chi connectivity index (χ4v) is 5.15. The SMILES string of the molecule is Cc1nc(C(=O)N2CCC3(CC2)c2nc[nH]c2CCN3C(=O)C2CC2)cs1. The number of aryl methyl sites for hydroxylation is 1. The molecule has 1 saturated heterocycles. The standard InChI is InChI=1S/C19H23N5O2S/c1-12-22-15(10-27-12)18(26)23-8-5-19(6-9-23)16-14(20-11-21-16)4-7-24(19)17(25)13-2-3-13/h10-11,13H,2-9H2,1H3,(H,20,21). The van der Waals surface area contributed by atoms with Crippen LogP contribution in [0.4, 0.5) is 0 Å². The van der Waals surface area contributed by atoms with Gasteiger partial charge in [0.15, 0.2) is 0 Å². The summed E-state index contributed by atoms with van der Waals surface area (Å²) in [5, 5.41) is 2.73. The third kappa shape index (κ3) is 2.69. The predicted molar refractivity (Wildman–Crippen MR) is 100 cm³/mol. The Kier molecular flexibility index (Phi) is 3.86. The summed E-state index contributed by atoms with van der Waals surface area (Å²) < 4.78 is 0. The van der Waals surface area contributed by atoms with E-state index in [1.807, 2.05) is 17.2 Å². The Balaban J connectivity index is 1.41. The average Bonchev–Trinajstić information content (AvgIpc) is 3.25. The van der Waals surface area contributed by atoms with E-state index in [-0.39, 0.29) is 23.3 Å². The van der Waals surface area contributed by atoms with Gasteiger partial charge in [0.25, 0.3) is 5.91 Å². The third-order valence-electron chi connectivity index (χ3n) is 6.17. The van der Waals surface area contributed by atoms with Crippen molar-refractivity contribution in [1.29, 1.82) is 0 Å². The molecular weight excluding hydrogens is 362 g/mol. The molecule has 0 aromatic carbocycles. The monoisotopic (exact) mass is 385 g/mol. The van der Waals surface area contributed by atoms with Crippen LogP contribution in [-0.2, 0) is 16.8 Å². The lowest BCUT2D eigenvalue weighted by Gasteiger charge is -2.50. The van der Waals surface area contributed by atoms with Crippen LogP contribution < -0.4 is 0 Å². The van der Waals surface area contributed by atoms with Crippen LogP contribution in [-0.4, -0.2) is 56.2 Å². The van der Waals surface area contributed by atoms with Gasteiger partial charge < -0.3 is 14.8 Å². The number of thiazole rings is 1. The van der Waals surface area contributed by atoms with Crippen LogP contribution in [0.3, 0.4) is 0 Å². The van der Waals surface area contributed by atoms with Crippen LogP contribution in [0.1, 0.15) is 52.6 Å². The summed E-state index contributed by atoms with van der Waals surface area (Å²) in [7, 11) is 0. The molecule has 1 aliphatic carbocycles. The maximum atomic E-state index is 13.0. The van der Waals surface area contributed by atoms with Gasteiger partial charge in [0, 0.05) is 43.0 Å². The highest BCUT2D eigenvalue weighted by atomic mass is 32.1. The second-order valence-corrected chi connectivity index (χ2v) is 8.88. The zero-order valence-electron chi connectivity index (χ0n) is 15.4. The zero-order valence-corrected chi connectivity index (χ0v) is 16.2. The molecule has 0 radical (unpaired) electrons. The molecule has 0 bridgehead atoms. The number of amides is 2. The highest BCUT2D eigenvalue weighted by Crippen LogP contribution is 2.45. The molecule has 142 valence electrons. The minimum absolute atomic E-state index is 0.00710. The summed E-state index contributed by atoms with van der Waals surface area (Å²) in [6.07, 6.45) is 6.05. The molecule has 3 aliphatic rings. The normalized spacial score (nSPS) is 21.4. The Morgan fingerprint density at radius 1 is 1.26 bits per heavy atom. The molecular formula is C19H23N5O2S. The number of nitrogens with one attached hydrogen (secondary N) is 1. The molecule has 1 N–H and O–H groups in total. The Morgan fingerprint density at radius 2 is 2.04 bits per heavy atom. The van der Waals surface area contributed by atoms with E-state index in [4.69, 9.17) is 0 Å². The number of aromatic nitrogens is 3. The van der Waals surface area contributed by atoms with E-state index in [0.717, 1.165) is 55.0 Å². The van der Waals surface area contributed by atoms with Gasteiger partial charge in [0.1, 0.15) is 5.69 Å². The summed E-state index contributed by atoms with van der Waals surface area (Å²) in [4.78, 5) is 42.0. The Morgan fingerprint density at radius 3 is 2.70 bits per heavy atom. The van der Waals surface area contributed by atoms with Crippen LogP contribution in [0.5, 0.6) is 0 Å². The lowest BCUT2D eigenvalue weighted by Crippen LogP contribution is -2.59. The van der Waals surface area contributed by atoms with E-state index in [1.54, 1.807) is 6.33 Å². The number of piperidine rings is 1. The number of imidazole rings is 1. The van der Waals surface area contributed by atoms with Gasteiger partial charge in [-0.25, -0.2) is 9.97 Å². The molecule has 0 unspecified atom stereocenters. The van der Waals surface area contributed by atoms with Crippen molar-refractivity contribution in [1.82, 2.24) is 24.8 Å². The molecule has 2 aromatic rings. The first-order valence-electron chi connectivity index (χ1n) is 9.64.